The second-order valence-electron chi connectivity index (χ2n) is 4.71. The third-order valence-corrected chi connectivity index (χ3v) is 5.05. The SMILES string of the molecule is CN1C=NC(C)(c2cc([N+](=O)[O-])ccc2F)CS1(=O)=O. The maximum atomic E-state index is 13.9. The maximum absolute atomic E-state index is 13.9. The highest BCUT2D eigenvalue weighted by Crippen LogP contribution is 2.34. The first-order chi connectivity index (χ1) is 9.16. The maximum Gasteiger partial charge on any atom is 0.270 e. The first kappa shape index (κ1) is 14.4. The van der Waals surface area contributed by atoms with Crippen molar-refractivity contribution in [3.8, 4) is 0 Å². The Morgan fingerprint density at radius 2 is 2.15 bits per heavy atom. The Balaban J connectivity index is 2.58. The van der Waals surface area contributed by atoms with E-state index < -0.39 is 32.1 Å². The molecule has 9 heteroatoms. The molecule has 7 nitrogen and oxygen atoms in total. The summed E-state index contributed by atoms with van der Waals surface area (Å²) >= 11 is 0. The smallest absolute Gasteiger partial charge is 0.263 e. The molecule has 0 spiro atoms. The van der Waals surface area contributed by atoms with Crippen molar-refractivity contribution in [3.63, 3.8) is 0 Å². The third kappa shape index (κ3) is 2.36. The molecule has 1 aliphatic heterocycles. The second-order valence-corrected chi connectivity index (χ2v) is 6.74. The van der Waals surface area contributed by atoms with E-state index in [1.165, 1.54) is 14.0 Å². The molecule has 0 amide bonds. The van der Waals surface area contributed by atoms with Crippen LogP contribution in [0.2, 0.25) is 0 Å². The molecule has 1 atom stereocenters. The van der Waals surface area contributed by atoms with Gasteiger partial charge in [-0.3, -0.25) is 19.4 Å². The Kier molecular flexibility index (Phi) is 3.24. The molecule has 0 N–H and O–H groups in total. The summed E-state index contributed by atoms with van der Waals surface area (Å²) < 4.78 is 38.6. The van der Waals surface area contributed by atoms with E-state index in [-0.39, 0.29) is 11.3 Å². The fraction of sp³-hybridized carbons (Fsp3) is 0.364. The van der Waals surface area contributed by atoms with Crippen LogP contribution in [-0.2, 0) is 15.6 Å². The summed E-state index contributed by atoms with van der Waals surface area (Å²) in [6.07, 6.45) is 1.08. The lowest BCUT2D eigenvalue weighted by Crippen LogP contribution is -2.43. The molecule has 1 heterocycles. The first-order valence-corrected chi connectivity index (χ1v) is 7.22. The zero-order chi connectivity index (χ0) is 15.1. The fourth-order valence-electron chi connectivity index (χ4n) is 1.96. The molecule has 1 aliphatic rings. The highest BCUT2D eigenvalue weighted by atomic mass is 32.2. The fourth-order valence-corrected chi connectivity index (χ4v) is 3.30. The van der Waals surface area contributed by atoms with Gasteiger partial charge in [0.05, 0.1) is 17.0 Å². The van der Waals surface area contributed by atoms with Crippen LogP contribution >= 0.6 is 0 Å². The molecule has 0 bridgehead atoms. The Hall–Kier alpha value is -2.03. The van der Waals surface area contributed by atoms with Crippen molar-refractivity contribution in [1.29, 1.82) is 0 Å². The van der Waals surface area contributed by atoms with E-state index in [9.17, 15) is 22.9 Å². The van der Waals surface area contributed by atoms with Crippen LogP contribution in [0.1, 0.15) is 12.5 Å². The number of hydrogen-bond acceptors (Lipinski definition) is 5. The molecule has 0 saturated carbocycles. The van der Waals surface area contributed by atoms with Crippen LogP contribution in [0.15, 0.2) is 23.2 Å². The monoisotopic (exact) mass is 301 g/mol. The summed E-state index contributed by atoms with van der Waals surface area (Å²) in [6, 6.07) is 2.99. The van der Waals surface area contributed by atoms with Crippen molar-refractivity contribution >= 4 is 22.0 Å². The number of halogens is 1. The lowest BCUT2D eigenvalue weighted by atomic mass is 9.94. The minimum atomic E-state index is -3.62. The van der Waals surface area contributed by atoms with Crippen molar-refractivity contribution in [2.75, 3.05) is 12.8 Å². The Labute approximate surface area is 114 Å². The van der Waals surface area contributed by atoms with E-state index >= 15 is 0 Å². The van der Waals surface area contributed by atoms with E-state index in [1.807, 2.05) is 0 Å². The molecule has 20 heavy (non-hydrogen) atoms. The summed E-state index contributed by atoms with van der Waals surface area (Å²) in [4.78, 5) is 14.1. The number of nitro benzene ring substituents is 1. The number of non-ortho nitro benzene ring substituents is 1. The van der Waals surface area contributed by atoms with Crippen LogP contribution in [0, 0.1) is 15.9 Å². The molecule has 0 aliphatic carbocycles. The predicted molar refractivity (Wildman–Crippen MR) is 70.4 cm³/mol. The molecule has 1 aromatic carbocycles. The van der Waals surface area contributed by atoms with Gasteiger partial charge in [0, 0.05) is 24.7 Å². The Morgan fingerprint density at radius 1 is 1.50 bits per heavy atom. The van der Waals surface area contributed by atoms with Crippen LogP contribution in [0.4, 0.5) is 10.1 Å². The number of benzene rings is 1. The summed E-state index contributed by atoms with van der Waals surface area (Å²) in [5.74, 6) is -1.18. The van der Waals surface area contributed by atoms with Crippen LogP contribution in [-0.4, -0.2) is 36.8 Å². The van der Waals surface area contributed by atoms with E-state index in [1.54, 1.807) is 0 Å². The average molecular weight is 301 g/mol. The average Bonchev–Trinajstić information content (AvgIpc) is 2.34. The molecule has 108 valence electrons. The Morgan fingerprint density at radius 3 is 2.70 bits per heavy atom. The van der Waals surface area contributed by atoms with E-state index in [2.05, 4.69) is 4.99 Å². The zero-order valence-electron chi connectivity index (χ0n) is 10.8. The molecule has 0 radical (unpaired) electrons. The normalized spacial score (nSPS) is 24.6. The van der Waals surface area contributed by atoms with Crippen LogP contribution in [0.25, 0.3) is 0 Å². The standard InChI is InChI=1S/C11H12FN3O4S/c1-11(6-20(18,19)14(2)7-13-11)9-5-8(15(16)17)3-4-10(9)12/h3-5,7H,6H2,1-2H3. The quantitative estimate of drug-likeness (QED) is 0.607. The van der Waals surface area contributed by atoms with Crippen LogP contribution in [0.3, 0.4) is 0 Å². The second kappa shape index (κ2) is 4.51. The molecule has 2 rings (SSSR count). The minimum Gasteiger partial charge on any atom is -0.263 e. The van der Waals surface area contributed by atoms with Crippen molar-refractivity contribution < 1.29 is 17.7 Å². The van der Waals surface area contributed by atoms with Gasteiger partial charge in [-0.05, 0) is 13.0 Å². The zero-order valence-corrected chi connectivity index (χ0v) is 11.6. The van der Waals surface area contributed by atoms with Gasteiger partial charge in [-0.2, -0.15) is 0 Å². The van der Waals surface area contributed by atoms with Crippen molar-refractivity contribution in [1.82, 2.24) is 4.31 Å². The lowest BCUT2D eigenvalue weighted by Gasteiger charge is -2.32. The van der Waals surface area contributed by atoms with Crippen molar-refractivity contribution in [3.05, 3.63) is 39.7 Å². The highest BCUT2D eigenvalue weighted by Gasteiger charge is 2.39. The number of sulfonamides is 1. The number of hydrogen-bond donors (Lipinski definition) is 0. The van der Waals surface area contributed by atoms with Crippen LogP contribution in [0.5, 0.6) is 0 Å². The van der Waals surface area contributed by atoms with E-state index in [0.29, 0.717) is 0 Å². The van der Waals surface area contributed by atoms with Crippen LogP contribution < -0.4 is 0 Å². The first-order valence-electron chi connectivity index (χ1n) is 5.61. The molecule has 0 fully saturated rings. The van der Waals surface area contributed by atoms with Crippen molar-refractivity contribution in [2.45, 2.75) is 12.5 Å². The van der Waals surface area contributed by atoms with Gasteiger partial charge in [-0.25, -0.2) is 12.8 Å². The van der Waals surface area contributed by atoms with E-state index in [0.717, 1.165) is 28.8 Å². The predicted octanol–water partition coefficient (Wildman–Crippen LogP) is 1.25. The molecule has 1 aromatic rings. The molecular formula is C11H12FN3O4S. The van der Waals surface area contributed by atoms with Gasteiger partial charge in [-0.15, -0.1) is 0 Å². The largest absolute Gasteiger partial charge is 0.270 e. The number of aliphatic imine (C=N–C) groups is 1. The van der Waals surface area contributed by atoms with Gasteiger partial charge in [0.1, 0.15) is 11.4 Å². The summed E-state index contributed by atoms with van der Waals surface area (Å²) in [5, 5.41) is 10.7. The van der Waals surface area contributed by atoms with Crippen molar-refractivity contribution in [2.24, 2.45) is 4.99 Å². The van der Waals surface area contributed by atoms with Gasteiger partial charge >= 0.3 is 0 Å². The molecule has 1 unspecified atom stereocenters. The van der Waals surface area contributed by atoms with Gasteiger partial charge < -0.3 is 0 Å². The summed E-state index contributed by atoms with van der Waals surface area (Å²) in [7, 11) is -2.30. The summed E-state index contributed by atoms with van der Waals surface area (Å²) in [6.45, 7) is 1.43. The van der Waals surface area contributed by atoms with Gasteiger partial charge in [-0.1, -0.05) is 0 Å². The molecule has 0 aromatic heterocycles. The highest BCUT2D eigenvalue weighted by molar-refractivity contribution is 7.89. The van der Waals surface area contributed by atoms with Gasteiger partial charge in [0.25, 0.3) is 5.69 Å². The van der Waals surface area contributed by atoms with Gasteiger partial charge in [0.2, 0.25) is 10.0 Å². The molecular weight excluding hydrogens is 289 g/mol. The lowest BCUT2D eigenvalue weighted by molar-refractivity contribution is -0.385. The third-order valence-electron chi connectivity index (χ3n) is 3.15. The van der Waals surface area contributed by atoms with E-state index in [4.69, 9.17) is 0 Å². The topological polar surface area (TPSA) is 92.9 Å². The number of rotatable bonds is 2. The number of nitro groups is 1. The van der Waals surface area contributed by atoms with Gasteiger partial charge in [0.15, 0.2) is 0 Å². The molecule has 0 saturated heterocycles. The minimum absolute atomic E-state index is 0.111. The Bertz CT molecular complexity index is 704. The number of nitrogens with zero attached hydrogens (tertiary/aromatic N) is 3. The summed E-state index contributed by atoms with van der Waals surface area (Å²) in [5.41, 5.74) is -1.81.